The number of esters is 1. The zero-order valence-corrected chi connectivity index (χ0v) is 15.3. The molecule has 2 rings (SSSR count). The van der Waals surface area contributed by atoms with Crippen molar-refractivity contribution in [1.29, 1.82) is 0 Å². The number of carbonyl (C=O) groups excluding carboxylic acids is 2. The molecule has 0 bridgehead atoms. The molecule has 0 amide bonds. The van der Waals surface area contributed by atoms with Crippen LogP contribution in [-0.4, -0.2) is 33.8 Å². The third-order valence-electron chi connectivity index (χ3n) is 3.21. The van der Waals surface area contributed by atoms with E-state index >= 15 is 0 Å². The number of hydrogen-bond donors (Lipinski definition) is 1. The van der Waals surface area contributed by atoms with Crippen LogP contribution in [0.25, 0.3) is 0 Å². The van der Waals surface area contributed by atoms with Crippen LogP contribution in [0.4, 0.5) is 0 Å². The summed E-state index contributed by atoms with van der Waals surface area (Å²) in [5.74, 6) is -1.33. The molecule has 25 heavy (non-hydrogen) atoms. The summed E-state index contributed by atoms with van der Waals surface area (Å²) in [6.45, 7) is -0.539. The standard InChI is InChI=1S/C16H13Cl2NO5S/c1-19-25(22,23)12-4-2-3-10(7-12)16(21)24-9-15(20)13-6-5-11(17)8-14(13)18/h2-8,19H,9H2,1H3. The molecule has 1 N–H and O–H groups in total. The summed E-state index contributed by atoms with van der Waals surface area (Å²) < 4.78 is 30.6. The molecule has 0 radical (unpaired) electrons. The molecule has 6 nitrogen and oxygen atoms in total. The second-order valence-corrected chi connectivity index (χ2v) is 7.59. The van der Waals surface area contributed by atoms with Gasteiger partial charge in [0, 0.05) is 10.6 Å². The molecule has 0 aromatic heterocycles. The minimum absolute atomic E-state index is 0.00586. The average molecular weight is 402 g/mol. The van der Waals surface area contributed by atoms with Gasteiger partial charge in [-0.1, -0.05) is 29.3 Å². The maximum Gasteiger partial charge on any atom is 0.338 e. The van der Waals surface area contributed by atoms with E-state index in [-0.39, 0.29) is 21.0 Å². The normalized spacial score (nSPS) is 11.2. The summed E-state index contributed by atoms with van der Waals surface area (Å²) in [6.07, 6.45) is 0. The SMILES string of the molecule is CNS(=O)(=O)c1cccc(C(=O)OCC(=O)c2ccc(Cl)cc2Cl)c1. The molecular formula is C16H13Cl2NO5S. The van der Waals surface area contributed by atoms with E-state index in [9.17, 15) is 18.0 Å². The third kappa shape index (κ3) is 4.79. The molecule has 0 aliphatic rings. The number of nitrogens with one attached hydrogen (secondary N) is 1. The summed E-state index contributed by atoms with van der Waals surface area (Å²) >= 11 is 11.7. The van der Waals surface area contributed by atoms with Crippen molar-refractivity contribution in [1.82, 2.24) is 4.72 Å². The Labute approximate surface area is 154 Å². The van der Waals surface area contributed by atoms with Gasteiger partial charge >= 0.3 is 5.97 Å². The minimum Gasteiger partial charge on any atom is -0.454 e. The molecule has 0 spiro atoms. The van der Waals surface area contributed by atoms with Gasteiger partial charge in [-0.05, 0) is 43.4 Å². The molecule has 0 aliphatic carbocycles. The molecule has 2 aromatic carbocycles. The van der Waals surface area contributed by atoms with Crippen LogP contribution in [0.15, 0.2) is 47.4 Å². The molecule has 0 fully saturated rings. The Bertz CT molecular complexity index is 928. The van der Waals surface area contributed by atoms with Crippen molar-refractivity contribution < 1.29 is 22.7 Å². The number of Topliss-reactive ketones (excluding diaryl/α,β-unsaturated/α-hetero) is 1. The second kappa shape index (κ2) is 7.97. The van der Waals surface area contributed by atoms with Gasteiger partial charge in [-0.15, -0.1) is 0 Å². The zero-order chi connectivity index (χ0) is 18.6. The van der Waals surface area contributed by atoms with Gasteiger partial charge in [-0.2, -0.15) is 0 Å². The Balaban J connectivity index is 2.10. The van der Waals surface area contributed by atoms with Crippen LogP contribution in [0.2, 0.25) is 10.0 Å². The van der Waals surface area contributed by atoms with Crippen LogP contribution in [0.1, 0.15) is 20.7 Å². The summed E-state index contributed by atoms with van der Waals surface area (Å²) in [7, 11) is -2.43. The molecule has 0 aliphatic heterocycles. The van der Waals surface area contributed by atoms with Gasteiger partial charge in [-0.3, -0.25) is 4.79 Å². The lowest BCUT2D eigenvalue weighted by Crippen LogP contribution is -2.19. The number of benzene rings is 2. The van der Waals surface area contributed by atoms with Gasteiger partial charge in [0.05, 0.1) is 15.5 Å². The maximum atomic E-state index is 12.1. The first-order valence-electron chi connectivity index (χ1n) is 6.93. The van der Waals surface area contributed by atoms with E-state index in [1.807, 2.05) is 0 Å². The summed E-state index contributed by atoms with van der Waals surface area (Å²) in [5, 5.41) is 0.525. The van der Waals surface area contributed by atoms with E-state index in [4.69, 9.17) is 27.9 Å². The van der Waals surface area contributed by atoms with Gasteiger partial charge in [-0.25, -0.2) is 17.9 Å². The van der Waals surface area contributed by atoms with Crippen LogP contribution < -0.4 is 4.72 Å². The van der Waals surface area contributed by atoms with Crippen LogP contribution in [0.3, 0.4) is 0 Å². The van der Waals surface area contributed by atoms with E-state index in [1.165, 1.54) is 43.4 Å². The lowest BCUT2D eigenvalue weighted by Gasteiger charge is -2.07. The highest BCUT2D eigenvalue weighted by molar-refractivity contribution is 7.89. The highest BCUT2D eigenvalue weighted by atomic mass is 35.5. The molecule has 9 heteroatoms. The van der Waals surface area contributed by atoms with Crippen molar-refractivity contribution in [2.24, 2.45) is 0 Å². The minimum atomic E-state index is -3.69. The number of sulfonamides is 1. The Morgan fingerprint density at radius 1 is 1.12 bits per heavy atom. The Morgan fingerprint density at radius 2 is 1.84 bits per heavy atom. The van der Waals surface area contributed by atoms with E-state index < -0.39 is 28.4 Å². The summed E-state index contributed by atoms with van der Waals surface area (Å²) in [6, 6.07) is 9.62. The molecule has 0 saturated heterocycles. The second-order valence-electron chi connectivity index (χ2n) is 4.86. The number of halogens is 2. The molecule has 0 atom stereocenters. The van der Waals surface area contributed by atoms with Crippen LogP contribution in [0.5, 0.6) is 0 Å². The Kier molecular flexibility index (Phi) is 6.18. The quantitative estimate of drug-likeness (QED) is 0.593. The first-order valence-corrected chi connectivity index (χ1v) is 9.17. The number of rotatable bonds is 6. The highest BCUT2D eigenvalue weighted by Crippen LogP contribution is 2.21. The van der Waals surface area contributed by atoms with Gasteiger partial charge < -0.3 is 4.74 Å². The molecule has 0 saturated carbocycles. The molecule has 0 heterocycles. The van der Waals surface area contributed by atoms with Gasteiger partial charge in [0.25, 0.3) is 0 Å². The predicted molar refractivity (Wildman–Crippen MR) is 93.8 cm³/mol. The van der Waals surface area contributed by atoms with Gasteiger partial charge in [0.2, 0.25) is 15.8 Å². The number of ketones is 1. The Morgan fingerprint density at radius 3 is 2.48 bits per heavy atom. The smallest absolute Gasteiger partial charge is 0.338 e. The van der Waals surface area contributed by atoms with Gasteiger partial charge in [0.1, 0.15) is 0 Å². The number of hydrogen-bond acceptors (Lipinski definition) is 5. The summed E-state index contributed by atoms with van der Waals surface area (Å²) in [5.41, 5.74) is 0.178. The summed E-state index contributed by atoms with van der Waals surface area (Å²) in [4.78, 5) is 24.0. The molecule has 2 aromatic rings. The van der Waals surface area contributed by atoms with E-state index in [2.05, 4.69) is 4.72 Å². The Hall–Kier alpha value is -1.93. The first kappa shape index (κ1) is 19.4. The highest BCUT2D eigenvalue weighted by Gasteiger charge is 2.17. The third-order valence-corrected chi connectivity index (χ3v) is 5.17. The monoisotopic (exact) mass is 401 g/mol. The molecule has 0 unspecified atom stereocenters. The van der Waals surface area contributed by atoms with E-state index in [1.54, 1.807) is 0 Å². The van der Waals surface area contributed by atoms with Crippen LogP contribution >= 0.6 is 23.2 Å². The molecule has 132 valence electrons. The van der Waals surface area contributed by atoms with Crippen molar-refractivity contribution in [3.63, 3.8) is 0 Å². The van der Waals surface area contributed by atoms with Crippen molar-refractivity contribution in [2.45, 2.75) is 4.90 Å². The van der Waals surface area contributed by atoms with Crippen molar-refractivity contribution in [3.05, 3.63) is 63.6 Å². The average Bonchev–Trinajstić information content (AvgIpc) is 2.59. The maximum absolute atomic E-state index is 12.1. The fourth-order valence-corrected chi connectivity index (χ4v) is 3.21. The number of ether oxygens (including phenoxy) is 1. The topological polar surface area (TPSA) is 89.5 Å². The lowest BCUT2D eigenvalue weighted by atomic mass is 10.1. The van der Waals surface area contributed by atoms with E-state index in [0.717, 1.165) is 6.07 Å². The van der Waals surface area contributed by atoms with Crippen LogP contribution in [0, 0.1) is 0 Å². The lowest BCUT2D eigenvalue weighted by molar-refractivity contribution is 0.0474. The zero-order valence-electron chi connectivity index (χ0n) is 13.0. The first-order chi connectivity index (χ1) is 11.7. The van der Waals surface area contributed by atoms with Crippen molar-refractivity contribution in [2.75, 3.05) is 13.7 Å². The fraction of sp³-hybridized carbons (Fsp3) is 0.125. The predicted octanol–water partition coefficient (Wildman–Crippen LogP) is 2.94. The molecular weight excluding hydrogens is 389 g/mol. The van der Waals surface area contributed by atoms with Crippen molar-refractivity contribution in [3.8, 4) is 0 Å². The van der Waals surface area contributed by atoms with Crippen molar-refractivity contribution >= 4 is 45.0 Å². The van der Waals surface area contributed by atoms with Gasteiger partial charge in [0.15, 0.2) is 6.61 Å². The number of carbonyl (C=O) groups is 2. The van der Waals surface area contributed by atoms with Crippen LogP contribution in [-0.2, 0) is 14.8 Å². The largest absolute Gasteiger partial charge is 0.454 e. The fourth-order valence-electron chi connectivity index (χ4n) is 1.92. The van der Waals surface area contributed by atoms with E-state index in [0.29, 0.717) is 5.02 Å².